The minimum absolute atomic E-state index is 0. The number of amides is 2. The van der Waals surface area contributed by atoms with Gasteiger partial charge in [0.05, 0.1) is 12.8 Å². The van der Waals surface area contributed by atoms with Gasteiger partial charge in [0.15, 0.2) is 5.96 Å². The zero-order valence-electron chi connectivity index (χ0n) is 16.1. The number of primary amides is 1. The number of rotatable bonds is 6. The standard InChI is InChI=1S/C20H26BrN5O2.HI/c21-16-5-3-15(4-6-16)14-24-20(23-10-7-18-2-1-13-28-18)25-17-8-11-26(12-9-17)19(22)27;/h1-6,13,17H,7-12,14H2,(H2,22,27)(H2,23,24,25);1H. The van der Waals surface area contributed by atoms with Gasteiger partial charge in [0.2, 0.25) is 0 Å². The van der Waals surface area contributed by atoms with Gasteiger partial charge in [-0.15, -0.1) is 24.0 Å². The molecule has 0 atom stereocenters. The van der Waals surface area contributed by atoms with Crippen LogP contribution >= 0.6 is 39.9 Å². The van der Waals surface area contributed by atoms with Crippen LogP contribution in [0.25, 0.3) is 0 Å². The fourth-order valence-corrected chi connectivity index (χ4v) is 3.37. The quantitative estimate of drug-likeness (QED) is 0.279. The predicted molar refractivity (Wildman–Crippen MR) is 128 cm³/mol. The summed E-state index contributed by atoms with van der Waals surface area (Å²) in [6.07, 6.45) is 4.16. The molecule has 1 aromatic carbocycles. The van der Waals surface area contributed by atoms with E-state index in [4.69, 9.17) is 15.1 Å². The topological polar surface area (TPSA) is 95.9 Å². The van der Waals surface area contributed by atoms with E-state index >= 15 is 0 Å². The Bertz CT molecular complexity index is 775. The molecule has 4 N–H and O–H groups in total. The average molecular weight is 576 g/mol. The smallest absolute Gasteiger partial charge is 0.314 e. The van der Waals surface area contributed by atoms with Crippen molar-refractivity contribution < 1.29 is 9.21 Å². The van der Waals surface area contributed by atoms with Crippen molar-refractivity contribution in [1.29, 1.82) is 0 Å². The Morgan fingerprint density at radius 2 is 1.97 bits per heavy atom. The first-order valence-electron chi connectivity index (χ1n) is 9.46. The fraction of sp³-hybridized carbons (Fsp3) is 0.400. The van der Waals surface area contributed by atoms with Gasteiger partial charge in [-0.05, 0) is 42.7 Å². The molecule has 0 radical (unpaired) electrons. The Kier molecular flexibility index (Phi) is 9.79. The maximum Gasteiger partial charge on any atom is 0.314 e. The molecule has 3 rings (SSSR count). The van der Waals surface area contributed by atoms with Crippen molar-refractivity contribution in [2.45, 2.75) is 31.8 Å². The van der Waals surface area contributed by atoms with Crippen LogP contribution in [0, 0.1) is 0 Å². The molecule has 1 saturated heterocycles. The lowest BCUT2D eigenvalue weighted by atomic mass is 10.1. The molecule has 0 saturated carbocycles. The molecular weight excluding hydrogens is 549 g/mol. The normalized spacial score (nSPS) is 14.9. The maximum atomic E-state index is 11.3. The summed E-state index contributed by atoms with van der Waals surface area (Å²) in [4.78, 5) is 17.7. The van der Waals surface area contributed by atoms with Crippen molar-refractivity contribution in [3.8, 4) is 0 Å². The first kappa shape index (κ1) is 23.5. The number of guanidine groups is 1. The second-order valence-electron chi connectivity index (χ2n) is 6.79. The molecule has 0 spiro atoms. The van der Waals surface area contributed by atoms with Crippen molar-refractivity contribution in [3.05, 3.63) is 58.5 Å². The lowest BCUT2D eigenvalue weighted by Crippen LogP contribution is -2.51. The molecule has 2 aromatic rings. The number of carbonyl (C=O) groups excluding carboxylic acids is 1. The van der Waals surface area contributed by atoms with Crippen LogP contribution in [0.5, 0.6) is 0 Å². The highest BCUT2D eigenvalue weighted by Gasteiger charge is 2.21. The van der Waals surface area contributed by atoms with Gasteiger partial charge >= 0.3 is 6.03 Å². The second-order valence-corrected chi connectivity index (χ2v) is 7.71. The maximum absolute atomic E-state index is 11.3. The summed E-state index contributed by atoms with van der Waals surface area (Å²) in [7, 11) is 0. The van der Waals surface area contributed by atoms with Crippen LogP contribution in [0.15, 0.2) is 56.5 Å². The summed E-state index contributed by atoms with van der Waals surface area (Å²) in [5, 5.41) is 6.88. The molecule has 0 aliphatic carbocycles. The van der Waals surface area contributed by atoms with Gasteiger partial charge in [-0.3, -0.25) is 0 Å². The molecule has 7 nitrogen and oxygen atoms in total. The van der Waals surface area contributed by atoms with E-state index < -0.39 is 0 Å². The van der Waals surface area contributed by atoms with Crippen LogP contribution in [0.3, 0.4) is 0 Å². The summed E-state index contributed by atoms with van der Waals surface area (Å²) >= 11 is 3.45. The molecule has 29 heavy (non-hydrogen) atoms. The molecule has 0 unspecified atom stereocenters. The number of benzene rings is 1. The number of piperidine rings is 1. The van der Waals surface area contributed by atoms with E-state index in [2.05, 4.69) is 38.7 Å². The van der Waals surface area contributed by atoms with E-state index in [0.29, 0.717) is 19.6 Å². The van der Waals surface area contributed by atoms with Crippen molar-refractivity contribution in [2.24, 2.45) is 10.7 Å². The largest absolute Gasteiger partial charge is 0.469 e. The van der Waals surface area contributed by atoms with E-state index in [1.807, 2.05) is 24.3 Å². The number of furan rings is 1. The Hall–Kier alpha value is -1.75. The highest BCUT2D eigenvalue weighted by atomic mass is 127. The molecule has 1 aliphatic rings. The zero-order valence-corrected chi connectivity index (χ0v) is 20.1. The molecule has 1 aromatic heterocycles. The minimum atomic E-state index is -0.348. The third-order valence-electron chi connectivity index (χ3n) is 4.72. The Morgan fingerprint density at radius 3 is 2.59 bits per heavy atom. The number of nitrogens with one attached hydrogen (secondary N) is 2. The Morgan fingerprint density at radius 1 is 1.24 bits per heavy atom. The number of nitrogens with two attached hydrogens (primary N) is 1. The lowest BCUT2D eigenvalue weighted by Gasteiger charge is -2.32. The van der Waals surface area contributed by atoms with E-state index in [-0.39, 0.29) is 36.0 Å². The predicted octanol–water partition coefficient (Wildman–Crippen LogP) is 3.48. The third-order valence-corrected chi connectivity index (χ3v) is 5.25. The number of carbonyl (C=O) groups is 1. The van der Waals surface area contributed by atoms with Gasteiger partial charge in [0, 0.05) is 36.6 Å². The van der Waals surface area contributed by atoms with Crippen molar-refractivity contribution in [3.63, 3.8) is 0 Å². The number of hydrogen-bond donors (Lipinski definition) is 3. The average Bonchev–Trinajstić information content (AvgIpc) is 3.21. The SMILES string of the molecule is I.NC(=O)N1CCC(NC(=NCc2ccc(Br)cc2)NCCc2ccco2)CC1. The van der Waals surface area contributed by atoms with Crippen molar-refractivity contribution >= 4 is 51.9 Å². The van der Waals surface area contributed by atoms with E-state index in [9.17, 15) is 4.79 Å². The van der Waals surface area contributed by atoms with Gasteiger partial charge in [-0.25, -0.2) is 9.79 Å². The number of nitrogens with zero attached hydrogens (tertiary/aromatic N) is 2. The van der Waals surface area contributed by atoms with Gasteiger partial charge in [-0.2, -0.15) is 0 Å². The zero-order chi connectivity index (χ0) is 19.8. The number of aliphatic imine (C=N–C) groups is 1. The highest BCUT2D eigenvalue weighted by molar-refractivity contribution is 14.0. The molecule has 2 heterocycles. The Labute approximate surface area is 196 Å². The van der Waals surface area contributed by atoms with Crippen LogP contribution in [0.1, 0.15) is 24.2 Å². The minimum Gasteiger partial charge on any atom is -0.469 e. The molecule has 9 heteroatoms. The second kappa shape index (κ2) is 12.1. The third kappa shape index (κ3) is 7.88. The number of likely N-dealkylation sites (tertiary alicyclic amines) is 1. The van der Waals surface area contributed by atoms with Crippen LogP contribution in [-0.4, -0.2) is 42.6 Å². The van der Waals surface area contributed by atoms with E-state index in [0.717, 1.165) is 47.6 Å². The molecule has 1 fully saturated rings. The number of urea groups is 1. The highest BCUT2D eigenvalue weighted by Crippen LogP contribution is 2.12. The van der Waals surface area contributed by atoms with Gasteiger partial charge in [0.1, 0.15) is 5.76 Å². The summed E-state index contributed by atoms with van der Waals surface area (Å²) in [6, 6.07) is 11.9. The summed E-state index contributed by atoms with van der Waals surface area (Å²) < 4.78 is 6.44. The monoisotopic (exact) mass is 575 g/mol. The van der Waals surface area contributed by atoms with Gasteiger partial charge in [0.25, 0.3) is 0 Å². The first-order valence-corrected chi connectivity index (χ1v) is 10.3. The summed E-state index contributed by atoms with van der Waals surface area (Å²) in [5.41, 5.74) is 6.50. The number of hydrogen-bond acceptors (Lipinski definition) is 3. The number of halogens is 2. The van der Waals surface area contributed by atoms with E-state index in [1.165, 1.54) is 0 Å². The molecule has 158 valence electrons. The molecular formula is C20H27BrIN5O2. The summed E-state index contributed by atoms with van der Waals surface area (Å²) in [6.45, 7) is 2.64. The first-order chi connectivity index (χ1) is 13.6. The molecule has 1 aliphatic heterocycles. The molecule has 0 bridgehead atoms. The lowest BCUT2D eigenvalue weighted by molar-refractivity contribution is 0.188. The van der Waals surface area contributed by atoms with E-state index in [1.54, 1.807) is 11.2 Å². The van der Waals surface area contributed by atoms with Crippen LogP contribution in [-0.2, 0) is 13.0 Å². The van der Waals surface area contributed by atoms with Crippen LogP contribution in [0.4, 0.5) is 4.79 Å². The van der Waals surface area contributed by atoms with Crippen molar-refractivity contribution in [2.75, 3.05) is 19.6 Å². The molecule has 2 amide bonds. The summed E-state index contributed by atoms with van der Waals surface area (Å²) in [5.74, 6) is 1.71. The van der Waals surface area contributed by atoms with Crippen molar-refractivity contribution in [1.82, 2.24) is 15.5 Å². The Balaban J connectivity index is 0.00000300. The van der Waals surface area contributed by atoms with Crippen LogP contribution in [0.2, 0.25) is 0 Å². The van der Waals surface area contributed by atoms with Gasteiger partial charge in [-0.1, -0.05) is 28.1 Å². The van der Waals surface area contributed by atoms with Crippen LogP contribution < -0.4 is 16.4 Å². The fourth-order valence-electron chi connectivity index (χ4n) is 3.11. The van der Waals surface area contributed by atoms with Gasteiger partial charge < -0.3 is 25.7 Å².